The predicted octanol–water partition coefficient (Wildman–Crippen LogP) is 5.04. The molecule has 8 fully saturated rings. The Labute approximate surface area is 177 Å². The van der Waals surface area contributed by atoms with Gasteiger partial charge in [0.25, 0.3) is 0 Å². The zero-order valence-corrected chi connectivity index (χ0v) is 20.6. The van der Waals surface area contributed by atoms with Gasteiger partial charge in [-0.25, -0.2) is 0 Å². The first-order valence-electron chi connectivity index (χ1n) is 12.8. The topological polar surface area (TPSA) is 34.3 Å². The number of fused-ring (bicyclic) bond motifs is 14. The second-order valence-electron chi connectivity index (χ2n) is 13.5. The Morgan fingerprint density at radius 1 is 0.586 bits per heavy atom. The molecule has 0 spiro atoms. The molecular formula is C24H38O3Si2. The Kier molecular flexibility index (Phi) is 3.24. The molecule has 2 heterocycles. The van der Waals surface area contributed by atoms with Crippen LogP contribution in [-0.2, 0) is 13.6 Å². The van der Waals surface area contributed by atoms with Gasteiger partial charge in [0.05, 0.1) is 24.4 Å². The Bertz CT molecular complexity index is 707. The number of hydrogen-bond acceptors (Lipinski definition) is 3. The summed E-state index contributed by atoms with van der Waals surface area (Å²) in [6, 6.07) is 0. The molecule has 0 aromatic rings. The van der Waals surface area contributed by atoms with Gasteiger partial charge < -0.3 is 13.6 Å². The van der Waals surface area contributed by atoms with E-state index < -0.39 is 16.6 Å². The summed E-state index contributed by atoms with van der Waals surface area (Å²) in [4.78, 5) is 0. The fourth-order valence-corrected chi connectivity index (χ4v) is 22.3. The third-order valence-electron chi connectivity index (χ3n) is 11.8. The van der Waals surface area contributed by atoms with Crippen molar-refractivity contribution in [3.63, 3.8) is 0 Å². The average Bonchev–Trinajstić information content (AvgIpc) is 3.22. The molecule has 4 bridgehead atoms. The zero-order chi connectivity index (χ0) is 19.4. The molecule has 2 aliphatic heterocycles. The second kappa shape index (κ2) is 5.27. The Balaban J connectivity index is 1.01. The van der Waals surface area contributed by atoms with E-state index >= 15 is 0 Å². The van der Waals surface area contributed by atoms with E-state index in [9.17, 15) is 0 Å². The van der Waals surface area contributed by atoms with Crippen LogP contribution in [0.2, 0.25) is 37.3 Å². The van der Waals surface area contributed by atoms with Crippen molar-refractivity contribution < 1.29 is 13.6 Å². The summed E-state index contributed by atoms with van der Waals surface area (Å²) in [7, 11) is -3.33. The van der Waals surface area contributed by atoms with E-state index in [0.717, 1.165) is 58.4 Å². The third kappa shape index (κ3) is 2.20. The maximum Gasteiger partial charge on any atom is 0.176 e. The lowest BCUT2D eigenvalue weighted by Crippen LogP contribution is -2.53. The van der Waals surface area contributed by atoms with Gasteiger partial charge >= 0.3 is 0 Å². The van der Waals surface area contributed by atoms with Gasteiger partial charge in [-0.05, 0) is 123 Å². The van der Waals surface area contributed by atoms with Crippen molar-refractivity contribution in [1.29, 1.82) is 0 Å². The van der Waals surface area contributed by atoms with Gasteiger partial charge in [-0.15, -0.1) is 0 Å². The van der Waals surface area contributed by atoms with Gasteiger partial charge in [0, 0.05) is 0 Å². The molecule has 160 valence electrons. The summed E-state index contributed by atoms with van der Waals surface area (Å²) in [6.45, 7) is 10.5. The fourth-order valence-electron chi connectivity index (χ4n) is 11.1. The highest BCUT2D eigenvalue weighted by atomic mass is 28.4. The highest BCUT2D eigenvalue weighted by Gasteiger charge is 2.70. The molecule has 6 saturated carbocycles. The Morgan fingerprint density at radius 2 is 1.03 bits per heavy atom. The van der Waals surface area contributed by atoms with Crippen LogP contribution in [0.25, 0.3) is 0 Å². The van der Waals surface area contributed by atoms with E-state index in [0.29, 0.717) is 24.4 Å². The molecule has 2 saturated heterocycles. The van der Waals surface area contributed by atoms with E-state index in [1.165, 1.54) is 38.5 Å². The second-order valence-corrected chi connectivity index (χ2v) is 22.3. The number of epoxide rings is 2. The van der Waals surface area contributed by atoms with Crippen molar-refractivity contribution in [2.75, 3.05) is 0 Å². The van der Waals surface area contributed by atoms with Crippen LogP contribution in [0, 0.1) is 47.3 Å². The molecule has 6 aliphatic carbocycles. The summed E-state index contributed by atoms with van der Waals surface area (Å²) < 4.78 is 19.4. The molecule has 14 unspecified atom stereocenters. The lowest BCUT2D eigenvalue weighted by molar-refractivity contribution is 0.139. The van der Waals surface area contributed by atoms with E-state index in [-0.39, 0.29) is 0 Å². The van der Waals surface area contributed by atoms with Crippen LogP contribution in [0.5, 0.6) is 0 Å². The Hall–Kier alpha value is 0.314. The average molecular weight is 431 g/mol. The molecule has 3 nitrogen and oxygen atoms in total. The number of ether oxygens (including phenoxy) is 2. The van der Waals surface area contributed by atoms with Crippen LogP contribution in [0.3, 0.4) is 0 Å². The highest BCUT2D eigenvalue weighted by molar-refractivity contribution is 6.86. The van der Waals surface area contributed by atoms with E-state index in [4.69, 9.17) is 13.6 Å². The number of hydrogen-bond donors (Lipinski definition) is 0. The third-order valence-corrected chi connectivity index (χ3v) is 20.9. The molecule has 8 aliphatic rings. The summed E-state index contributed by atoms with van der Waals surface area (Å²) in [6.07, 6.45) is 11.4. The maximum absolute atomic E-state index is 7.49. The molecule has 8 rings (SSSR count). The van der Waals surface area contributed by atoms with Crippen LogP contribution in [0.1, 0.15) is 38.5 Å². The van der Waals surface area contributed by atoms with Crippen molar-refractivity contribution in [2.45, 2.75) is 100 Å². The van der Waals surface area contributed by atoms with E-state index in [1.807, 2.05) is 0 Å². The summed E-state index contributed by atoms with van der Waals surface area (Å²) in [5, 5.41) is 0. The minimum absolute atomic E-state index is 0.661. The summed E-state index contributed by atoms with van der Waals surface area (Å²) >= 11 is 0. The fraction of sp³-hybridized carbons (Fsp3) is 1.00. The Morgan fingerprint density at radius 3 is 1.48 bits per heavy atom. The van der Waals surface area contributed by atoms with E-state index in [1.54, 1.807) is 0 Å². The highest BCUT2D eigenvalue weighted by Crippen LogP contribution is 2.71. The minimum Gasteiger partial charge on any atom is -0.455 e. The minimum atomic E-state index is -1.66. The molecule has 0 N–H and O–H groups in total. The molecule has 0 aromatic heterocycles. The van der Waals surface area contributed by atoms with Crippen LogP contribution in [-0.4, -0.2) is 41.1 Å². The first-order valence-corrected chi connectivity index (χ1v) is 18.8. The summed E-state index contributed by atoms with van der Waals surface area (Å²) in [5.74, 6) is 7.78. The van der Waals surface area contributed by atoms with Crippen molar-refractivity contribution >= 4 is 16.6 Å². The van der Waals surface area contributed by atoms with Crippen molar-refractivity contribution in [3.8, 4) is 0 Å². The molecule has 5 heteroatoms. The molecule has 0 aromatic carbocycles. The molecule has 0 radical (unpaired) electrons. The maximum atomic E-state index is 7.49. The van der Waals surface area contributed by atoms with Crippen LogP contribution >= 0.6 is 0 Å². The first kappa shape index (κ1) is 17.8. The van der Waals surface area contributed by atoms with Gasteiger partial charge in [-0.1, -0.05) is 0 Å². The van der Waals surface area contributed by atoms with Crippen LogP contribution in [0.15, 0.2) is 0 Å². The normalized spacial score (nSPS) is 62.9. The van der Waals surface area contributed by atoms with E-state index in [2.05, 4.69) is 26.2 Å². The summed E-state index contributed by atoms with van der Waals surface area (Å²) in [5.41, 5.74) is 1.86. The van der Waals surface area contributed by atoms with Crippen molar-refractivity contribution in [2.24, 2.45) is 47.3 Å². The van der Waals surface area contributed by atoms with Gasteiger partial charge in [0.15, 0.2) is 16.6 Å². The van der Waals surface area contributed by atoms with Gasteiger partial charge in [0.2, 0.25) is 0 Å². The predicted molar refractivity (Wildman–Crippen MR) is 116 cm³/mol. The van der Waals surface area contributed by atoms with Crippen LogP contribution < -0.4 is 0 Å². The molecule has 14 atom stereocenters. The first-order chi connectivity index (χ1) is 13.8. The molecular weight excluding hydrogens is 392 g/mol. The lowest BCUT2D eigenvalue weighted by Gasteiger charge is -2.48. The van der Waals surface area contributed by atoms with Crippen LogP contribution in [0.4, 0.5) is 0 Å². The zero-order valence-electron chi connectivity index (χ0n) is 18.6. The molecule has 29 heavy (non-hydrogen) atoms. The van der Waals surface area contributed by atoms with Crippen molar-refractivity contribution in [3.05, 3.63) is 0 Å². The smallest absolute Gasteiger partial charge is 0.176 e. The SMILES string of the molecule is C[Si](C)(O[Si](C)(C)C1CC2CC1C1CC3OC3C21)C1CC2CC1C1CC3OC3C21. The van der Waals surface area contributed by atoms with Gasteiger partial charge in [-0.2, -0.15) is 0 Å². The quantitative estimate of drug-likeness (QED) is 0.463. The number of rotatable bonds is 4. The lowest BCUT2D eigenvalue weighted by atomic mass is 9.80. The molecule has 0 amide bonds. The van der Waals surface area contributed by atoms with Gasteiger partial charge in [-0.3, -0.25) is 0 Å². The standard InChI is InChI=1S/C24H38O3Si2/c1-28(2,19-7-11-5-13(19)15-9-17-23(25-17)21(11)15)27-29(3,4)20-8-12-6-14(20)16-10-18-24(26-18)22(12)16/h11-24H,5-10H2,1-4H3. The monoisotopic (exact) mass is 430 g/mol. The largest absolute Gasteiger partial charge is 0.455 e. The van der Waals surface area contributed by atoms with Gasteiger partial charge in [0.1, 0.15) is 0 Å². The van der Waals surface area contributed by atoms with Crippen molar-refractivity contribution in [1.82, 2.24) is 0 Å².